The molecule has 0 bridgehead atoms. The Morgan fingerprint density at radius 1 is 1.38 bits per heavy atom. The van der Waals surface area contributed by atoms with Crippen LogP contribution in [0.1, 0.15) is 5.69 Å². The monoisotopic (exact) mass is 298 g/mol. The number of benzene rings is 1. The second-order valence-corrected chi connectivity index (χ2v) is 4.88. The molecule has 0 aliphatic heterocycles. The van der Waals surface area contributed by atoms with Gasteiger partial charge < -0.3 is 9.88 Å². The van der Waals surface area contributed by atoms with Crippen LogP contribution in [0.2, 0.25) is 5.02 Å². The van der Waals surface area contributed by atoms with Gasteiger partial charge in [-0.15, -0.1) is 0 Å². The van der Waals surface area contributed by atoms with Gasteiger partial charge in [-0.25, -0.2) is 0 Å². The highest BCUT2D eigenvalue weighted by molar-refractivity contribution is 9.10. The van der Waals surface area contributed by atoms with Gasteiger partial charge in [0.2, 0.25) is 0 Å². The van der Waals surface area contributed by atoms with E-state index in [1.807, 2.05) is 37.5 Å². The second-order valence-electron chi connectivity index (χ2n) is 3.59. The third-order valence-electron chi connectivity index (χ3n) is 2.44. The molecular formula is C12H12BrClN2. The van der Waals surface area contributed by atoms with Gasteiger partial charge >= 0.3 is 0 Å². The lowest BCUT2D eigenvalue weighted by atomic mass is 10.3. The summed E-state index contributed by atoms with van der Waals surface area (Å²) < 4.78 is 3.11. The van der Waals surface area contributed by atoms with Crippen molar-refractivity contribution in [3.63, 3.8) is 0 Å². The van der Waals surface area contributed by atoms with Crippen molar-refractivity contribution in [1.29, 1.82) is 0 Å². The largest absolute Gasteiger partial charge is 0.379 e. The molecule has 2 aromatic rings. The summed E-state index contributed by atoms with van der Waals surface area (Å²) in [5, 5.41) is 4.08. The number of nitrogens with zero attached hydrogens (tertiary/aromatic N) is 1. The fraction of sp³-hybridized carbons (Fsp3) is 0.167. The van der Waals surface area contributed by atoms with Gasteiger partial charge in [0.25, 0.3) is 0 Å². The lowest BCUT2D eigenvalue weighted by Gasteiger charge is -2.09. The predicted octanol–water partition coefficient (Wildman–Crippen LogP) is 4.05. The van der Waals surface area contributed by atoms with Crippen LogP contribution in [0, 0.1) is 0 Å². The van der Waals surface area contributed by atoms with Gasteiger partial charge in [0, 0.05) is 28.4 Å². The maximum atomic E-state index is 5.94. The maximum Gasteiger partial charge on any atom is 0.0553 e. The topological polar surface area (TPSA) is 17.0 Å². The summed E-state index contributed by atoms with van der Waals surface area (Å²) in [6.45, 7) is 0.780. The number of aromatic nitrogens is 1. The number of hydrogen-bond donors (Lipinski definition) is 1. The van der Waals surface area contributed by atoms with Crippen LogP contribution in [-0.4, -0.2) is 4.57 Å². The summed E-state index contributed by atoms with van der Waals surface area (Å²) >= 11 is 9.43. The summed E-state index contributed by atoms with van der Waals surface area (Å²) in [7, 11) is 2.03. The Morgan fingerprint density at radius 2 is 2.19 bits per heavy atom. The van der Waals surface area contributed by atoms with Crippen molar-refractivity contribution in [2.45, 2.75) is 6.54 Å². The molecule has 16 heavy (non-hydrogen) atoms. The van der Waals surface area contributed by atoms with E-state index in [1.54, 1.807) is 0 Å². The lowest BCUT2D eigenvalue weighted by molar-refractivity contribution is 0.842. The SMILES string of the molecule is Cn1cccc1CNc1cc(Cl)ccc1Br. The van der Waals surface area contributed by atoms with E-state index in [0.29, 0.717) is 0 Å². The van der Waals surface area contributed by atoms with Crippen molar-refractivity contribution in [3.05, 3.63) is 51.7 Å². The highest BCUT2D eigenvalue weighted by atomic mass is 79.9. The van der Waals surface area contributed by atoms with Crippen LogP contribution < -0.4 is 5.32 Å². The molecule has 1 heterocycles. The zero-order valence-electron chi connectivity index (χ0n) is 8.87. The minimum atomic E-state index is 0.734. The van der Waals surface area contributed by atoms with E-state index < -0.39 is 0 Å². The Labute approximate surface area is 108 Å². The van der Waals surface area contributed by atoms with Crippen LogP contribution in [0.3, 0.4) is 0 Å². The standard InChI is InChI=1S/C12H12BrClN2/c1-16-6-2-3-10(16)8-15-12-7-9(14)4-5-11(12)13/h2-7,15H,8H2,1H3. The summed E-state index contributed by atoms with van der Waals surface area (Å²) in [5.74, 6) is 0. The minimum absolute atomic E-state index is 0.734. The fourth-order valence-electron chi connectivity index (χ4n) is 1.50. The Morgan fingerprint density at radius 3 is 2.88 bits per heavy atom. The minimum Gasteiger partial charge on any atom is -0.379 e. The lowest BCUT2D eigenvalue weighted by Crippen LogP contribution is -2.04. The number of nitrogens with one attached hydrogen (secondary N) is 1. The normalized spacial score (nSPS) is 10.4. The molecule has 0 atom stereocenters. The van der Waals surface area contributed by atoms with Crippen molar-refractivity contribution in [2.75, 3.05) is 5.32 Å². The zero-order valence-corrected chi connectivity index (χ0v) is 11.2. The smallest absolute Gasteiger partial charge is 0.0553 e. The molecule has 4 heteroatoms. The molecule has 0 aliphatic rings. The summed E-state index contributed by atoms with van der Waals surface area (Å²) in [6.07, 6.45) is 2.03. The number of hydrogen-bond acceptors (Lipinski definition) is 1. The predicted molar refractivity (Wildman–Crippen MR) is 71.9 cm³/mol. The van der Waals surface area contributed by atoms with Crippen molar-refractivity contribution < 1.29 is 0 Å². The number of halogens is 2. The van der Waals surface area contributed by atoms with Crippen LogP contribution in [-0.2, 0) is 13.6 Å². The first-order valence-corrected chi connectivity index (χ1v) is 6.13. The first kappa shape index (κ1) is 11.6. The van der Waals surface area contributed by atoms with E-state index in [2.05, 4.69) is 31.9 Å². The molecule has 2 rings (SSSR count). The van der Waals surface area contributed by atoms with Gasteiger partial charge in [-0.2, -0.15) is 0 Å². The van der Waals surface area contributed by atoms with E-state index in [4.69, 9.17) is 11.6 Å². The highest BCUT2D eigenvalue weighted by Crippen LogP contribution is 2.26. The van der Waals surface area contributed by atoms with Crippen molar-refractivity contribution in [3.8, 4) is 0 Å². The zero-order chi connectivity index (χ0) is 11.5. The van der Waals surface area contributed by atoms with Crippen LogP contribution >= 0.6 is 27.5 Å². The molecule has 0 saturated carbocycles. The van der Waals surface area contributed by atoms with Gasteiger partial charge in [-0.1, -0.05) is 11.6 Å². The molecule has 1 aromatic heterocycles. The van der Waals surface area contributed by atoms with Gasteiger partial charge in [-0.05, 0) is 46.3 Å². The van der Waals surface area contributed by atoms with E-state index >= 15 is 0 Å². The van der Waals surface area contributed by atoms with Crippen LogP contribution in [0.25, 0.3) is 0 Å². The van der Waals surface area contributed by atoms with Gasteiger partial charge in [0.15, 0.2) is 0 Å². The van der Waals surface area contributed by atoms with E-state index in [1.165, 1.54) is 5.69 Å². The number of anilines is 1. The molecule has 1 N–H and O–H groups in total. The molecule has 0 unspecified atom stereocenters. The summed E-state index contributed by atoms with van der Waals surface area (Å²) in [6, 6.07) is 9.83. The molecule has 1 aromatic carbocycles. The molecule has 2 nitrogen and oxygen atoms in total. The fourth-order valence-corrected chi connectivity index (χ4v) is 2.06. The molecule has 0 fully saturated rings. The molecule has 0 aliphatic carbocycles. The Kier molecular flexibility index (Phi) is 3.56. The summed E-state index contributed by atoms with van der Waals surface area (Å²) in [5.41, 5.74) is 2.24. The Balaban J connectivity index is 2.10. The average molecular weight is 300 g/mol. The van der Waals surface area contributed by atoms with Gasteiger partial charge in [0.1, 0.15) is 0 Å². The van der Waals surface area contributed by atoms with E-state index in [0.717, 1.165) is 21.7 Å². The van der Waals surface area contributed by atoms with Gasteiger partial charge in [0.05, 0.1) is 12.2 Å². The molecule has 0 amide bonds. The first-order chi connectivity index (χ1) is 7.66. The van der Waals surface area contributed by atoms with Crippen molar-refractivity contribution >= 4 is 33.2 Å². The molecule has 0 radical (unpaired) electrons. The third-order valence-corrected chi connectivity index (χ3v) is 3.37. The first-order valence-electron chi connectivity index (χ1n) is 4.96. The van der Waals surface area contributed by atoms with Crippen LogP contribution in [0.4, 0.5) is 5.69 Å². The molecule has 84 valence electrons. The Hall–Kier alpha value is -0.930. The summed E-state index contributed by atoms with van der Waals surface area (Å²) in [4.78, 5) is 0. The van der Waals surface area contributed by atoms with E-state index in [9.17, 15) is 0 Å². The number of rotatable bonds is 3. The Bertz CT molecular complexity index is 494. The van der Waals surface area contributed by atoms with Crippen LogP contribution in [0.15, 0.2) is 41.0 Å². The van der Waals surface area contributed by atoms with Crippen molar-refractivity contribution in [2.24, 2.45) is 7.05 Å². The molecular weight excluding hydrogens is 288 g/mol. The average Bonchev–Trinajstić information content (AvgIpc) is 2.66. The second kappa shape index (κ2) is 4.93. The maximum absolute atomic E-state index is 5.94. The molecule has 0 spiro atoms. The number of aryl methyl sites for hydroxylation is 1. The quantitative estimate of drug-likeness (QED) is 0.904. The van der Waals surface area contributed by atoms with E-state index in [-0.39, 0.29) is 0 Å². The van der Waals surface area contributed by atoms with Crippen molar-refractivity contribution in [1.82, 2.24) is 4.57 Å². The van der Waals surface area contributed by atoms with Crippen LogP contribution in [0.5, 0.6) is 0 Å². The third kappa shape index (κ3) is 2.60. The molecule has 0 saturated heterocycles. The highest BCUT2D eigenvalue weighted by Gasteiger charge is 2.01. The van der Waals surface area contributed by atoms with Gasteiger partial charge in [-0.3, -0.25) is 0 Å².